The Labute approximate surface area is 385 Å². The van der Waals surface area contributed by atoms with Gasteiger partial charge < -0.3 is 59.1 Å². The van der Waals surface area contributed by atoms with Crippen molar-refractivity contribution < 1.29 is 68.6 Å². The van der Waals surface area contributed by atoms with E-state index < -0.39 is 111 Å². The molecule has 0 spiro atoms. The Morgan fingerprint density at radius 1 is 0.406 bits per heavy atom. The van der Waals surface area contributed by atoms with Crippen LogP contribution in [0.3, 0.4) is 0 Å². The third kappa shape index (κ3) is 20.4. The van der Waals surface area contributed by atoms with E-state index in [1.165, 1.54) is 77.0 Å². The molecule has 64 heavy (non-hydrogen) atoms. The van der Waals surface area contributed by atoms with Crippen molar-refractivity contribution in [2.45, 2.75) is 269 Å². The molecule has 3 saturated heterocycles. The number of rotatable bonds is 26. The summed E-state index contributed by atoms with van der Waals surface area (Å²) in [5.41, 5.74) is 0. The van der Waals surface area contributed by atoms with Gasteiger partial charge >= 0.3 is 11.9 Å². The first-order valence-corrected chi connectivity index (χ1v) is 25.7. The fourth-order valence-electron chi connectivity index (χ4n) is 9.07. The second kappa shape index (κ2) is 31.6. The summed E-state index contributed by atoms with van der Waals surface area (Å²) < 4.78 is 35.7. The van der Waals surface area contributed by atoms with E-state index in [4.69, 9.17) is 28.4 Å². The highest BCUT2D eigenvalue weighted by Gasteiger charge is 2.49. The molecule has 0 aromatic carbocycles. The molecule has 14 heteroatoms. The number of aliphatic hydroxyl groups is 6. The molecule has 0 saturated carbocycles. The van der Waals surface area contributed by atoms with Gasteiger partial charge in [0.2, 0.25) is 0 Å². The molecule has 376 valence electrons. The molecule has 0 aromatic rings. The van der Waals surface area contributed by atoms with Crippen molar-refractivity contribution >= 4 is 11.9 Å². The summed E-state index contributed by atoms with van der Waals surface area (Å²) in [6.07, 6.45) is 8.48. The number of ether oxygens (including phenoxy) is 6. The monoisotopic (exact) mass is 917 g/mol. The zero-order valence-corrected chi connectivity index (χ0v) is 40.6. The van der Waals surface area contributed by atoms with Gasteiger partial charge in [-0.05, 0) is 38.5 Å². The Morgan fingerprint density at radius 2 is 0.688 bits per heavy atom. The summed E-state index contributed by atoms with van der Waals surface area (Å²) >= 11 is 0. The van der Waals surface area contributed by atoms with Crippen LogP contribution < -0.4 is 0 Å². The number of esters is 2. The van der Waals surface area contributed by atoms with E-state index >= 15 is 0 Å². The molecule has 14 nitrogen and oxygen atoms in total. The fourth-order valence-corrected chi connectivity index (χ4v) is 9.07. The number of carbonyl (C=O) groups excluding carboxylic acids is 2. The first kappa shape index (κ1) is 56.9. The smallest absolute Gasteiger partial charge is 0.311 e. The van der Waals surface area contributed by atoms with Gasteiger partial charge in [0.05, 0.1) is 24.0 Å². The number of hydrogen-bond donors (Lipinski definition) is 6. The van der Waals surface area contributed by atoms with Crippen molar-refractivity contribution in [3.63, 3.8) is 0 Å². The normalized spacial score (nSPS) is 33.5. The molecule has 3 heterocycles. The third-order valence-corrected chi connectivity index (χ3v) is 13.6. The average molecular weight is 917 g/mol. The molecule has 3 fully saturated rings. The molecular weight excluding hydrogens is 825 g/mol. The summed E-state index contributed by atoms with van der Waals surface area (Å²) in [5, 5.41) is 65.6. The lowest BCUT2D eigenvalue weighted by atomic mass is 9.95. The number of aliphatic hydroxyl groups excluding tert-OH is 6. The van der Waals surface area contributed by atoms with Gasteiger partial charge in [0.15, 0.2) is 12.6 Å². The van der Waals surface area contributed by atoms with Crippen LogP contribution in [0.5, 0.6) is 0 Å². The number of hydrogen-bond acceptors (Lipinski definition) is 14. The van der Waals surface area contributed by atoms with Crippen molar-refractivity contribution in [3.05, 3.63) is 0 Å². The van der Waals surface area contributed by atoms with E-state index in [1.807, 2.05) is 0 Å². The van der Waals surface area contributed by atoms with Gasteiger partial charge in [-0.25, -0.2) is 0 Å². The third-order valence-electron chi connectivity index (χ3n) is 13.6. The molecule has 0 unspecified atom stereocenters. The van der Waals surface area contributed by atoms with Gasteiger partial charge in [-0.15, -0.1) is 0 Å². The van der Waals surface area contributed by atoms with Crippen LogP contribution in [-0.2, 0) is 38.0 Å². The zero-order valence-electron chi connectivity index (χ0n) is 40.6. The lowest BCUT2D eigenvalue weighted by Crippen LogP contribution is -2.61. The first-order chi connectivity index (χ1) is 30.6. The molecule has 0 radical (unpaired) electrons. The minimum atomic E-state index is -1.69. The summed E-state index contributed by atoms with van der Waals surface area (Å²) in [6, 6.07) is 0. The van der Waals surface area contributed by atoms with Crippen molar-refractivity contribution in [2.24, 2.45) is 23.7 Å². The largest absolute Gasteiger partial charge is 0.463 e. The Kier molecular flexibility index (Phi) is 28.0. The van der Waals surface area contributed by atoms with Crippen LogP contribution >= 0.6 is 0 Å². The maximum absolute atomic E-state index is 13.6. The van der Waals surface area contributed by atoms with Crippen LogP contribution in [0.15, 0.2) is 0 Å². The Morgan fingerprint density at radius 3 is 0.984 bits per heavy atom. The van der Waals surface area contributed by atoms with Crippen LogP contribution in [0, 0.1) is 23.7 Å². The van der Waals surface area contributed by atoms with E-state index in [1.54, 1.807) is 13.8 Å². The molecule has 6 N–H and O–H groups in total. The maximum atomic E-state index is 13.6. The van der Waals surface area contributed by atoms with Gasteiger partial charge in [0.25, 0.3) is 0 Å². The van der Waals surface area contributed by atoms with E-state index in [9.17, 15) is 40.2 Å². The topological polar surface area (TPSA) is 211 Å². The predicted molar refractivity (Wildman–Crippen MR) is 244 cm³/mol. The van der Waals surface area contributed by atoms with E-state index in [2.05, 4.69) is 27.7 Å². The molecule has 3 aliphatic heterocycles. The molecule has 0 aliphatic carbocycles. The van der Waals surface area contributed by atoms with Crippen LogP contribution in [0.4, 0.5) is 0 Å². The second-order valence-corrected chi connectivity index (χ2v) is 20.2. The Bertz CT molecular complexity index is 1140. The Hall–Kier alpha value is -1.46. The molecule has 0 amide bonds. The van der Waals surface area contributed by atoms with Crippen molar-refractivity contribution in [2.75, 3.05) is 13.2 Å². The quantitative estimate of drug-likeness (QED) is 0.0369. The highest BCUT2D eigenvalue weighted by atomic mass is 16.7. The number of cyclic esters (lactones) is 2. The summed E-state index contributed by atoms with van der Waals surface area (Å²) in [6.45, 7) is 11.3. The van der Waals surface area contributed by atoms with Crippen LogP contribution in [-0.4, -0.2) is 129 Å². The van der Waals surface area contributed by atoms with Crippen molar-refractivity contribution in [1.82, 2.24) is 0 Å². The summed E-state index contributed by atoms with van der Waals surface area (Å²) in [5.74, 6) is -1.72. The first-order valence-electron chi connectivity index (χ1n) is 25.7. The molecule has 0 aromatic heterocycles. The highest BCUT2D eigenvalue weighted by molar-refractivity contribution is 5.73. The molecule has 3 aliphatic rings. The van der Waals surface area contributed by atoms with Crippen molar-refractivity contribution in [3.8, 4) is 0 Å². The number of fused-ring (bicyclic) bond motifs is 4. The van der Waals surface area contributed by atoms with Gasteiger partial charge in [0, 0.05) is 0 Å². The average Bonchev–Trinajstić information content (AvgIpc) is 3.26. The fraction of sp³-hybridized carbons (Fsp3) is 0.960. The van der Waals surface area contributed by atoms with Crippen molar-refractivity contribution in [1.29, 1.82) is 0 Å². The van der Waals surface area contributed by atoms with Gasteiger partial charge in [-0.3, -0.25) is 9.59 Å². The van der Waals surface area contributed by atoms with E-state index in [-0.39, 0.29) is 0 Å². The molecule has 14 atom stereocenters. The van der Waals surface area contributed by atoms with Gasteiger partial charge in [-0.2, -0.15) is 0 Å². The van der Waals surface area contributed by atoms with Gasteiger partial charge in [-0.1, -0.05) is 169 Å². The minimum Gasteiger partial charge on any atom is -0.463 e. The standard InChI is InChI=1S/C50H92O14/c1-33(2)27-23-19-15-11-7-9-13-17-21-25-29-37-35(5)47(57)59-31-40-42(52)44(54)46(56)50(64-40)62-38(30-26-22-18-14-10-8-12-16-20-24-28-34(3)4)36(6)48(58)60-32-39-41(51)43(53)45(55)49(61-37)63-39/h33-46,49-56H,7-32H2,1-6H3/t35-,36-,37-,38-,39+,40+,41-,42-,43-,44+,45-,46-,49+,50-/m0/s1. The Balaban J connectivity index is 1.65. The number of unbranched alkanes of at least 4 members (excludes halogenated alkanes) is 18. The zero-order chi connectivity index (χ0) is 47.0. The van der Waals surface area contributed by atoms with E-state index in [0.29, 0.717) is 25.7 Å². The lowest BCUT2D eigenvalue weighted by molar-refractivity contribution is -0.320. The highest BCUT2D eigenvalue weighted by Crippen LogP contribution is 2.31. The maximum Gasteiger partial charge on any atom is 0.311 e. The van der Waals surface area contributed by atoms with Crippen LogP contribution in [0.25, 0.3) is 0 Å². The van der Waals surface area contributed by atoms with Crippen LogP contribution in [0.1, 0.15) is 196 Å². The summed E-state index contributed by atoms with van der Waals surface area (Å²) in [7, 11) is 0. The lowest BCUT2D eigenvalue weighted by Gasteiger charge is -2.43. The second-order valence-electron chi connectivity index (χ2n) is 20.2. The van der Waals surface area contributed by atoms with Crippen LogP contribution in [0.2, 0.25) is 0 Å². The van der Waals surface area contributed by atoms with E-state index in [0.717, 1.165) is 63.2 Å². The van der Waals surface area contributed by atoms with Gasteiger partial charge in [0.1, 0.15) is 62.0 Å². The SMILES string of the molecule is CC(C)CCCCCCCCCCCC[C@@H]1O[C@@H]2O[C@H](COC(=O)[C@@H](C)[C@H](CCCCCCCCCCCCC(C)C)O[C@H]3O[C@H](COC(=O)[C@H]1C)[C@H](O)[C@@H](O)[C@@H]3O)[C@H](O)[C@H](O)[C@@H]2O. The molecule has 3 rings (SSSR count). The predicted octanol–water partition coefficient (Wildman–Crippen LogP) is 7.42. The minimum absolute atomic E-state index is 0.387. The molecule has 4 bridgehead atoms. The summed E-state index contributed by atoms with van der Waals surface area (Å²) in [4.78, 5) is 27.3. The molecular formula is C50H92O14. The number of carbonyl (C=O) groups is 2.